The number of hydrogen-bond acceptors (Lipinski definition) is 2. The third-order valence-electron chi connectivity index (χ3n) is 3.07. The molecule has 0 atom stereocenters. The van der Waals surface area contributed by atoms with Gasteiger partial charge in [0.05, 0.1) is 17.9 Å². The van der Waals surface area contributed by atoms with E-state index in [1.807, 2.05) is 19.2 Å². The number of halogens is 1. The van der Waals surface area contributed by atoms with Crippen LogP contribution in [0.2, 0.25) is 0 Å². The summed E-state index contributed by atoms with van der Waals surface area (Å²) in [4.78, 5) is 15.8. The van der Waals surface area contributed by atoms with Crippen LogP contribution in [0.4, 0.5) is 11.4 Å². The molecule has 0 radical (unpaired) electrons. The van der Waals surface area contributed by atoms with E-state index in [2.05, 4.69) is 47.7 Å². The van der Waals surface area contributed by atoms with Gasteiger partial charge in [0.2, 0.25) is 5.91 Å². The molecule has 2 rings (SSSR count). The van der Waals surface area contributed by atoms with E-state index in [4.69, 9.17) is 0 Å². The molecule has 4 heteroatoms. The lowest BCUT2D eigenvalue weighted by molar-refractivity contribution is -0.117. The van der Waals surface area contributed by atoms with Crippen LogP contribution < -0.4 is 9.80 Å². The molecule has 1 heterocycles. The van der Waals surface area contributed by atoms with Crippen molar-refractivity contribution in [3.8, 4) is 0 Å². The summed E-state index contributed by atoms with van der Waals surface area (Å²) in [5, 5.41) is 0. The van der Waals surface area contributed by atoms with Gasteiger partial charge in [0, 0.05) is 17.1 Å². The second-order valence-corrected chi connectivity index (χ2v) is 6.26. The molecule has 0 bridgehead atoms. The normalized spacial score (nSPS) is 16.2. The van der Waals surface area contributed by atoms with Crippen LogP contribution in [0, 0.1) is 0 Å². The molecule has 0 aromatic heterocycles. The number of rotatable bonds is 0. The third-order valence-corrected chi connectivity index (χ3v) is 3.56. The predicted molar refractivity (Wildman–Crippen MR) is 74.7 cm³/mol. The van der Waals surface area contributed by atoms with E-state index in [1.54, 1.807) is 4.90 Å². The van der Waals surface area contributed by atoms with Crippen LogP contribution in [0.5, 0.6) is 0 Å². The minimum absolute atomic E-state index is 0.0630. The lowest BCUT2D eigenvalue weighted by atomic mass is 10.0. The monoisotopic (exact) mass is 296 g/mol. The maximum atomic E-state index is 12.0. The van der Waals surface area contributed by atoms with Crippen LogP contribution in [0.15, 0.2) is 22.7 Å². The van der Waals surface area contributed by atoms with Crippen LogP contribution in [0.25, 0.3) is 0 Å². The lowest BCUT2D eigenvalue weighted by Gasteiger charge is -2.43. The number of benzene rings is 1. The van der Waals surface area contributed by atoms with Gasteiger partial charge in [0.1, 0.15) is 0 Å². The van der Waals surface area contributed by atoms with Crippen molar-refractivity contribution in [3.05, 3.63) is 22.7 Å². The summed E-state index contributed by atoms with van der Waals surface area (Å²) in [5.41, 5.74) is 2.01. The van der Waals surface area contributed by atoms with E-state index in [0.717, 1.165) is 15.8 Å². The highest BCUT2D eigenvalue weighted by atomic mass is 79.9. The highest BCUT2D eigenvalue weighted by Crippen LogP contribution is 2.38. The standard InChI is InChI=1S/C13H17BrN2O/c1-13(2,3)16-8-12(17)15(4)10-6-5-9(14)7-11(10)16/h5-7H,8H2,1-4H3. The molecule has 0 fully saturated rings. The Bertz CT molecular complexity index is 465. The number of hydrogen-bond donors (Lipinski definition) is 0. The molecule has 0 aliphatic carbocycles. The van der Waals surface area contributed by atoms with Gasteiger partial charge in [0.25, 0.3) is 0 Å². The number of fused-ring (bicyclic) bond motifs is 1. The van der Waals surface area contributed by atoms with Crippen molar-refractivity contribution in [3.63, 3.8) is 0 Å². The maximum Gasteiger partial charge on any atom is 0.246 e. The molecular formula is C13H17BrN2O. The first-order valence-electron chi connectivity index (χ1n) is 5.64. The highest BCUT2D eigenvalue weighted by Gasteiger charge is 2.32. The fourth-order valence-electron chi connectivity index (χ4n) is 2.06. The van der Waals surface area contributed by atoms with Crippen molar-refractivity contribution in [2.45, 2.75) is 26.3 Å². The van der Waals surface area contributed by atoms with Crippen LogP contribution in [0.3, 0.4) is 0 Å². The second kappa shape index (κ2) is 4.02. The van der Waals surface area contributed by atoms with Crippen molar-refractivity contribution < 1.29 is 4.79 Å². The van der Waals surface area contributed by atoms with Crippen LogP contribution in [-0.2, 0) is 4.79 Å². The first-order valence-corrected chi connectivity index (χ1v) is 6.44. The van der Waals surface area contributed by atoms with Gasteiger partial charge in [-0.3, -0.25) is 4.79 Å². The number of carbonyl (C=O) groups excluding carboxylic acids is 1. The number of carbonyl (C=O) groups is 1. The van der Waals surface area contributed by atoms with Crippen molar-refractivity contribution in [2.75, 3.05) is 23.4 Å². The predicted octanol–water partition coefficient (Wildman–Crippen LogP) is 3.03. The minimum Gasteiger partial charge on any atom is -0.356 e. The quantitative estimate of drug-likeness (QED) is 0.735. The Labute approximate surface area is 111 Å². The average molecular weight is 297 g/mol. The topological polar surface area (TPSA) is 23.6 Å². The maximum absolute atomic E-state index is 12.0. The van der Waals surface area contributed by atoms with Gasteiger partial charge in [-0.1, -0.05) is 15.9 Å². The average Bonchev–Trinajstić information content (AvgIpc) is 2.21. The van der Waals surface area contributed by atoms with Crippen molar-refractivity contribution in [1.29, 1.82) is 0 Å². The molecule has 17 heavy (non-hydrogen) atoms. The Morgan fingerprint density at radius 3 is 2.47 bits per heavy atom. The molecule has 3 nitrogen and oxygen atoms in total. The Balaban J connectivity index is 2.58. The Morgan fingerprint density at radius 1 is 1.24 bits per heavy atom. The van der Waals surface area contributed by atoms with E-state index >= 15 is 0 Å². The number of likely N-dealkylation sites (N-methyl/N-ethyl adjacent to an activating group) is 1. The second-order valence-electron chi connectivity index (χ2n) is 5.34. The summed E-state index contributed by atoms with van der Waals surface area (Å²) in [5.74, 6) is 0.134. The third kappa shape index (κ3) is 2.18. The Morgan fingerprint density at radius 2 is 1.88 bits per heavy atom. The fraction of sp³-hybridized carbons (Fsp3) is 0.462. The van der Waals surface area contributed by atoms with Crippen LogP contribution >= 0.6 is 15.9 Å². The minimum atomic E-state index is -0.0630. The van der Waals surface area contributed by atoms with Crippen LogP contribution in [0.1, 0.15) is 20.8 Å². The zero-order valence-electron chi connectivity index (χ0n) is 10.6. The van der Waals surface area contributed by atoms with E-state index in [9.17, 15) is 4.79 Å². The van der Waals surface area contributed by atoms with Gasteiger partial charge in [-0.05, 0) is 39.0 Å². The fourth-order valence-corrected chi connectivity index (χ4v) is 2.40. The summed E-state index contributed by atoms with van der Waals surface area (Å²) < 4.78 is 1.04. The van der Waals surface area contributed by atoms with Gasteiger partial charge >= 0.3 is 0 Å². The molecule has 0 N–H and O–H groups in total. The molecule has 0 saturated carbocycles. The summed E-state index contributed by atoms with van der Waals surface area (Å²) in [7, 11) is 1.83. The molecule has 1 amide bonds. The summed E-state index contributed by atoms with van der Waals surface area (Å²) in [6.45, 7) is 6.80. The molecule has 1 aliphatic rings. The zero-order chi connectivity index (χ0) is 12.8. The van der Waals surface area contributed by atoms with E-state index < -0.39 is 0 Å². The molecule has 1 aliphatic heterocycles. The van der Waals surface area contributed by atoms with Crippen molar-refractivity contribution in [1.82, 2.24) is 0 Å². The molecule has 1 aromatic rings. The summed E-state index contributed by atoms with van der Waals surface area (Å²) in [6.07, 6.45) is 0. The number of amides is 1. The first kappa shape index (κ1) is 12.4. The van der Waals surface area contributed by atoms with Crippen LogP contribution in [-0.4, -0.2) is 25.0 Å². The van der Waals surface area contributed by atoms with Crippen molar-refractivity contribution in [2.24, 2.45) is 0 Å². The van der Waals surface area contributed by atoms with Gasteiger partial charge in [-0.15, -0.1) is 0 Å². The largest absolute Gasteiger partial charge is 0.356 e. The van der Waals surface area contributed by atoms with Crippen molar-refractivity contribution >= 4 is 33.2 Å². The number of nitrogens with zero attached hydrogens (tertiary/aromatic N) is 2. The van der Waals surface area contributed by atoms with Gasteiger partial charge < -0.3 is 9.80 Å². The molecule has 0 spiro atoms. The van der Waals surface area contributed by atoms with Gasteiger partial charge in [0.15, 0.2) is 0 Å². The smallest absolute Gasteiger partial charge is 0.246 e. The van der Waals surface area contributed by atoms with E-state index in [1.165, 1.54) is 0 Å². The molecule has 0 unspecified atom stereocenters. The molecule has 0 saturated heterocycles. The number of anilines is 2. The van der Waals surface area contributed by atoms with Gasteiger partial charge in [-0.25, -0.2) is 0 Å². The SMILES string of the molecule is CN1C(=O)CN(C(C)(C)C)c2cc(Br)ccc21. The zero-order valence-corrected chi connectivity index (χ0v) is 12.2. The Hall–Kier alpha value is -1.03. The molecular weight excluding hydrogens is 280 g/mol. The Kier molecular flexibility index (Phi) is 2.94. The van der Waals surface area contributed by atoms with Gasteiger partial charge in [-0.2, -0.15) is 0 Å². The first-order chi connectivity index (χ1) is 7.80. The molecule has 1 aromatic carbocycles. The summed E-state index contributed by atoms with van der Waals surface area (Å²) >= 11 is 3.49. The lowest BCUT2D eigenvalue weighted by Crippen LogP contribution is -2.51. The van der Waals surface area contributed by atoms with E-state index in [-0.39, 0.29) is 11.4 Å². The van der Waals surface area contributed by atoms with E-state index in [0.29, 0.717) is 6.54 Å². The highest BCUT2D eigenvalue weighted by molar-refractivity contribution is 9.10. The molecule has 92 valence electrons. The summed E-state index contributed by atoms with van der Waals surface area (Å²) in [6, 6.07) is 6.02.